The van der Waals surface area contributed by atoms with Gasteiger partial charge in [0.15, 0.2) is 9.84 Å². The molecule has 2 heterocycles. The highest BCUT2D eigenvalue weighted by molar-refractivity contribution is 7.91. The van der Waals surface area contributed by atoms with E-state index in [1.807, 2.05) is 13.2 Å². The number of aromatic nitrogens is 2. The molecule has 1 N–H and O–H groups in total. The number of hydrogen-bond donors (Lipinski definition) is 1. The molecule has 5 nitrogen and oxygen atoms in total. The van der Waals surface area contributed by atoms with Gasteiger partial charge in [-0.3, -0.25) is 4.68 Å². The molecule has 0 radical (unpaired) electrons. The fraction of sp³-hybridized carbons (Fsp3) is 0.625. The molecule has 1 saturated heterocycles. The topological polar surface area (TPSA) is 64.0 Å². The van der Waals surface area contributed by atoms with E-state index in [4.69, 9.17) is 0 Å². The van der Waals surface area contributed by atoms with Gasteiger partial charge in [-0.25, -0.2) is 8.42 Å². The standard InChI is InChI=1S/C8H13N3O2S/c1-11-5-7(4-10-11)8-6-14(12,13)3-2-9-8/h4-5,8-9H,2-3,6H2,1H3/t8-/m0/s1. The number of aryl methyl sites for hydroxylation is 1. The third kappa shape index (κ3) is 1.96. The van der Waals surface area contributed by atoms with Crippen molar-refractivity contribution in [3.63, 3.8) is 0 Å². The maximum absolute atomic E-state index is 11.4. The van der Waals surface area contributed by atoms with Gasteiger partial charge in [-0.2, -0.15) is 5.10 Å². The Bertz CT molecular complexity index is 424. The summed E-state index contributed by atoms with van der Waals surface area (Å²) in [7, 11) is -1.05. The minimum absolute atomic E-state index is 0.0950. The van der Waals surface area contributed by atoms with Crippen LogP contribution in [0.25, 0.3) is 0 Å². The Hall–Kier alpha value is -0.880. The van der Waals surface area contributed by atoms with Crippen molar-refractivity contribution in [3.8, 4) is 0 Å². The summed E-state index contributed by atoms with van der Waals surface area (Å²) in [4.78, 5) is 0. The van der Waals surface area contributed by atoms with Crippen molar-refractivity contribution >= 4 is 9.84 Å². The molecular weight excluding hydrogens is 202 g/mol. The summed E-state index contributed by atoms with van der Waals surface area (Å²) in [5.41, 5.74) is 0.941. The smallest absolute Gasteiger partial charge is 0.153 e. The lowest BCUT2D eigenvalue weighted by Gasteiger charge is -2.22. The van der Waals surface area contributed by atoms with Crippen molar-refractivity contribution in [1.29, 1.82) is 0 Å². The molecule has 6 heteroatoms. The monoisotopic (exact) mass is 215 g/mol. The van der Waals surface area contributed by atoms with Crippen LogP contribution in [0.2, 0.25) is 0 Å². The second-order valence-electron chi connectivity index (χ2n) is 3.57. The summed E-state index contributed by atoms with van der Waals surface area (Å²) in [6.45, 7) is 0.530. The first-order chi connectivity index (χ1) is 6.57. The first kappa shape index (κ1) is 9.67. The Morgan fingerprint density at radius 2 is 2.43 bits per heavy atom. The highest BCUT2D eigenvalue weighted by atomic mass is 32.2. The van der Waals surface area contributed by atoms with Gasteiger partial charge in [0.1, 0.15) is 0 Å². The van der Waals surface area contributed by atoms with Crippen LogP contribution in [0.3, 0.4) is 0 Å². The molecular formula is C8H13N3O2S. The molecule has 1 aromatic rings. The predicted molar refractivity (Wildman–Crippen MR) is 52.6 cm³/mol. The molecule has 1 fully saturated rings. The first-order valence-corrected chi connectivity index (χ1v) is 6.31. The Labute approximate surface area is 83.0 Å². The quantitative estimate of drug-likeness (QED) is 0.684. The zero-order valence-electron chi connectivity index (χ0n) is 7.97. The molecule has 0 saturated carbocycles. The largest absolute Gasteiger partial charge is 0.308 e. The van der Waals surface area contributed by atoms with E-state index in [-0.39, 0.29) is 17.5 Å². The summed E-state index contributed by atoms with van der Waals surface area (Å²) in [6.07, 6.45) is 3.55. The molecule has 0 aliphatic carbocycles. The van der Waals surface area contributed by atoms with E-state index >= 15 is 0 Å². The van der Waals surface area contributed by atoms with E-state index in [1.54, 1.807) is 10.9 Å². The molecule has 0 spiro atoms. The molecule has 1 aliphatic rings. The lowest BCUT2D eigenvalue weighted by atomic mass is 10.2. The number of nitrogens with zero attached hydrogens (tertiary/aromatic N) is 2. The van der Waals surface area contributed by atoms with Crippen molar-refractivity contribution in [2.45, 2.75) is 6.04 Å². The van der Waals surface area contributed by atoms with Crippen molar-refractivity contribution in [2.24, 2.45) is 7.05 Å². The fourth-order valence-corrected chi connectivity index (χ4v) is 3.03. The summed E-state index contributed by atoms with van der Waals surface area (Å²) >= 11 is 0. The number of rotatable bonds is 1. The molecule has 1 aliphatic heterocycles. The first-order valence-electron chi connectivity index (χ1n) is 4.49. The maximum Gasteiger partial charge on any atom is 0.153 e. The van der Waals surface area contributed by atoms with E-state index in [0.29, 0.717) is 6.54 Å². The second-order valence-corrected chi connectivity index (χ2v) is 5.80. The zero-order chi connectivity index (χ0) is 10.2. The minimum atomic E-state index is -2.87. The molecule has 0 bridgehead atoms. The van der Waals surface area contributed by atoms with Gasteiger partial charge >= 0.3 is 0 Å². The van der Waals surface area contributed by atoms with Crippen LogP contribution in [-0.4, -0.2) is 36.2 Å². The lowest BCUT2D eigenvalue weighted by molar-refractivity contribution is 0.530. The van der Waals surface area contributed by atoms with Gasteiger partial charge in [-0.1, -0.05) is 0 Å². The second kappa shape index (κ2) is 3.36. The third-order valence-corrected chi connectivity index (χ3v) is 4.02. The van der Waals surface area contributed by atoms with Gasteiger partial charge in [-0.05, 0) is 0 Å². The van der Waals surface area contributed by atoms with Crippen LogP contribution >= 0.6 is 0 Å². The summed E-state index contributed by atoms with van der Waals surface area (Å²) in [5, 5.41) is 7.19. The van der Waals surface area contributed by atoms with Crippen LogP contribution in [0.15, 0.2) is 12.4 Å². The Morgan fingerprint density at radius 1 is 1.64 bits per heavy atom. The molecule has 0 amide bonds. The number of hydrogen-bond acceptors (Lipinski definition) is 4. The maximum atomic E-state index is 11.4. The van der Waals surface area contributed by atoms with E-state index < -0.39 is 9.84 Å². The van der Waals surface area contributed by atoms with E-state index in [9.17, 15) is 8.42 Å². The summed E-state index contributed by atoms with van der Waals surface area (Å²) in [6, 6.07) is -0.0950. The molecule has 1 aromatic heterocycles. The Kier molecular flexibility index (Phi) is 2.32. The molecule has 14 heavy (non-hydrogen) atoms. The van der Waals surface area contributed by atoms with Crippen LogP contribution < -0.4 is 5.32 Å². The summed E-state index contributed by atoms with van der Waals surface area (Å²) in [5.74, 6) is 0.419. The summed E-state index contributed by atoms with van der Waals surface area (Å²) < 4.78 is 24.4. The average Bonchev–Trinajstić information content (AvgIpc) is 2.50. The molecule has 1 atom stereocenters. The zero-order valence-corrected chi connectivity index (χ0v) is 8.79. The molecule has 2 rings (SSSR count). The SMILES string of the molecule is Cn1cc([C@@H]2CS(=O)(=O)CCN2)cn1. The van der Waals surface area contributed by atoms with Gasteiger partial charge in [0.2, 0.25) is 0 Å². The number of sulfone groups is 1. The van der Waals surface area contributed by atoms with Gasteiger partial charge < -0.3 is 5.32 Å². The highest BCUT2D eigenvalue weighted by Crippen LogP contribution is 2.17. The van der Waals surface area contributed by atoms with Gasteiger partial charge in [0, 0.05) is 31.4 Å². The highest BCUT2D eigenvalue weighted by Gasteiger charge is 2.25. The van der Waals surface area contributed by atoms with E-state index in [0.717, 1.165) is 5.56 Å². The van der Waals surface area contributed by atoms with Gasteiger partial charge in [-0.15, -0.1) is 0 Å². The van der Waals surface area contributed by atoms with Crippen molar-refractivity contribution in [2.75, 3.05) is 18.1 Å². The van der Waals surface area contributed by atoms with Crippen LogP contribution in [-0.2, 0) is 16.9 Å². The van der Waals surface area contributed by atoms with Crippen LogP contribution in [0, 0.1) is 0 Å². The fourth-order valence-electron chi connectivity index (χ4n) is 1.62. The number of nitrogens with one attached hydrogen (secondary N) is 1. The Balaban J connectivity index is 2.20. The molecule has 78 valence electrons. The third-order valence-electron chi connectivity index (χ3n) is 2.35. The van der Waals surface area contributed by atoms with Crippen molar-refractivity contribution in [3.05, 3.63) is 18.0 Å². The van der Waals surface area contributed by atoms with Gasteiger partial charge in [0.05, 0.1) is 17.7 Å². The van der Waals surface area contributed by atoms with Crippen LogP contribution in [0.4, 0.5) is 0 Å². The molecule has 0 aromatic carbocycles. The Morgan fingerprint density at radius 3 is 3.00 bits per heavy atom. The predicted octanol–water partition coefficient (Wildman–Crippen LogP) is -0.521. The van der Waals surface area contributed by atoms with Crippen LogP contribution in [0.5, 0.6) is 0 Å². The van der Waals surface area contributed by atoms with E-state index in [1.165, 1.54) is 0 Å². The minimum Gasteiger partial charge on any atom is -0.308 e. The van der Waals surface area contributed by atoms with Crippen molar-refractivity contribution in [1.82, 2.24) is 15.1 Å². The van der Waals surface area contributed by atoms with Crippen LogP contribution in [0.1, 0.15) is 11.6 Å². The van der Waals surface area contributed by atoms with E-state index in [2.05, 4.69) is 10.4 Å². The van der Waals surface area contributed by atoms with Gasteiger partial charge in [0.25, 0.3) is 0 Å². The normalized spacial score (nSPS) is 26.2. The molecule has 0 unspecified atom stereocenters. The average molecular weight is 215 g/mol. The lowest BCUT2D eigenvalue weighted by Crippen LogP contribution is -2.38. The van der Waals surface area contributed by atoms with Crippen molar-refractivity contribution < 1.29 is 8.42 Å².